The molecule has 4 heterocycles. The number of carbonyl (C=O) groups is 2. The SMILES string of the molecule is CCc1c(N2CCN(C(=O)OC(C)(C)C)CC2)c(=O)n2nc(C3=CCOCC3)nc2n1CC(=O)Nc1ccc2c(c1)CCCC2. The molecular formula is C33H43N7O5. The third-order valence-electron chi connectivity index (χ3n) is 8.59. The minimum atomic E-state index is -0.591. The number of ether oxygens (including phenoxy) is 2. The van der Waals surface area contributed by atoms with Crippen LogP contribution in [0.4, 0.5) is 16.2 Å². The first-order valence-electron chi connectivity index (χ1n) is 16.1. The van der Waals surface area contributed by atoms with Crippen LogP contribution < -0.4 is 15.8 Å². The van der Waals surface area contributed by atoms with Crippen LogP contribution in [0.25, 0.3) is 11.4 Å². The summed E-state index contributed by atoms with van der Waals surface area (Å²) in [5.41, 5.74) is 4.64. The lowest BCUT2D eigenvalue weighted by Crippen LogP contribution is -2.51. The Morgan fingerprint density at radius 2 is 1.80 bits per heavy atom. The van der Waals surface area contributed by atoms with Gasteiger partial charge in [0.05, 0.1) is 18.9 Å². The van der Waals surface area contributed by atoms with E-state index in [-0.39, 0.29) is 24.1 Å². The molecule has 0 spiro atoms. The van der Waals surface area contributed by atoms with Gasteiger partial charge in [-0.1, -0.05) is 19.1 Å². The van der Waals surface area contributed by atoms with Gasteiger partial charge < -0.3 is 29.2 Å². The number of hydrogen-bond acceptors (Lipinski definition) is 8. The normalized spacial score (nSPS) is 17.2. The summed E-state index contributed by atoms with van der Waals surface area (Å²) in [6, 6.07) is 6.16. The van der Waals surface area contributed by atoms with Crippen molar-refractivity contribution in [3.63, 3.8) is 0 Å². The number of benzene rings is 1. The van der Waals surface area contributed by atoms with Gasteiger partial charge in [-0.3, -0.25) is 9.59 Å². The maximum atomic E-state index is 14.1. The van der Waals surface area contributed by atoms with Crippen molar-refractivity contribution in [1.29, 1.82) is 0 Å². The number of rotatable bonds is 6. The van der Waals surface area contributed by atoms with Crippen LogP contribution in [0.5, 0.6) is 0 Å². The predicted molar refractivity (Wildman–Crippen MR) is 172 cm³/mol. The van der Waals surface area contributed by atoms with Crippen LogP contribution in [-0.4, -0.2) is 81.1 Å². The van der Waals surface area contributed by atoms with Gasteiger partial charge in [0.25, 0.3) is 5.56 Å². The van der Waals surface area contributed by atoms with Gasteiger partial charge in [0.15, 0.2) is 5.82 Å². The van der Waals surface area contributed by atoms with Crippen molar-refractivity contribution in [3.8, 4) is 0 Å². The third kappa shape index (κ3) is 6.61. The number of amides is 2. The van der Waals surface area contributed by atoms with Gasteiger partial charge in [-0.25, -0.2) is 4.79 Å². The number of nitrogens with one attached hydrogen (secondary N) is 1. The van der Waals surface area contributed by atoms with Crippen LogP contribution in [0.3, 0.4) is 0 Å². The van der Waals surface area contributed by atoms with Crippen LogP contribution in [0.2, 0.25) is 0 Å². The molecule has 1 saturated heterocycles. The van der Waals surface area contributed by atoms with Crippen molar-refractivity contribution in [2.75, 3.05) is 49.6 Å². The summed E-state index contributed by atoms with van der Waals surface area (Å²) in [4.78, 5) is 48.9. The highest BCUT2D eigenvalue weighted by molar-refractivity contribution is 5.91. The second kappa shape index (κ2) is 12.7. The average Bonchev–Trinajstić information content (AvgIpc) is 3.48. The quantitative estimate of drug-likeness (QED) is 0.443. The molecule has 2 amide bonds. The number of fused-ring (bicyclic) bond motifs is 2. The first-order valence-corrected chi connectivity index (χ1v) is 16.1. The van der Waals surface area contributed by atoms with E-state index >= 15 is 0 Å². The summed E-state index contributed by atoms with van der Waals surface area (Å²) in [6.45, 7) is 10.2. The monoisotopic (exact) mass is 617 g/mol. The topological polar surface area (TPSA) is 123 Å². The summed E-state index contributed by atoms with van der Waals surface area (Å²) in [5, 5.41) is 7.74. The number of anilines is 2. The van der Waals surface area contributed by atoms with E-state index in [0.717, 1.165) is 30.5 Å². The van der Waals surface area contributed by atoms with Crippen molar-refractivity contribution in [2.24, 2.45) is 0 Å². The van der Waals surface area contributed by atoms with E-state index in [2.05, 4.69) is 22.5 Å². The Hall–Kier alpha value is -4.19. The molecule has 240 valence electrons. The molecule has 1 fully saturated rings. The summed E-state index contributed by atoms with van der Waals surface area (Å²) < 4.78 is 14.2. The van der Waals surface area contributed by atoms with Crippen LogP contribution in [0, 0.1) is 0 Å². The van der Waals surface area contributed by atoms with Gasteiger partial charge in [0.1, 0.15) is 17.8 Å². The largest absolute Gasteiger partial charge is 0.444 e. The van der Waals surface area contributed by atoms with Crippen LogP contribution >= 0.6 is 0 Å². The van der Waals surface area contributed by atoms with Gasteiger partial charge in [-0.15, -0.1) is 5.10 Å². The predicted octanol–water partition coefficient (Wildman–Crippen LogP) is 3.83. The van der Waals surface area contributed by atoms with E-state index in [0.29, 0.717) is 75.2 Å². The van der Waals surface area contributed by atoms with Gasteiger partial charge in [-0.05, 0) is 88.1 Å². The Bertz CT molecular complexity index is 1690. The van der Waals surface area contributed by atoms with Crippen molar-refractivity contribution in [2.45, 2.75) is 78.4 Å². The maximum Gasteiger partial charge on any atom is 0.410 e. The molecule has 45 heavy (non-hydrogen) atoms. The number of nitrogens with zero attached hydrogens (tertiary/aromatic N) is 6. The molecule has 0 unspecified atom stereocenters. The Morgan fingerprint density at radius 1 is 1.04 bits per heavy atom. The molecule has 3 aromatic rings. The van der Waals surface area contributed by atoms with Crippen LogP contribution in [-0.2, 0) is 40.1 Å². The van der Waals surface area contributed by atoms with E-state index < -0.39 is 5.60 Å². The van der Waals surface area contributed by atoms with Crippen molar-refractivity contribution >= 4 is 34.7 Å². The Kier molecular flexibility index (Phi) is 8.67. The summed E-state index contributed by atoms with van der Waals surface area (Å²) in [7, 11) is 0. The van der Waals surface area contributed by atoms with Gasteiger partial charge >= 0.3 is 6.09 Å². The fraction of sp³-hybridized carbons (Fsp3) is 0.545. The molecule has 0 radical (unpaired) electrons. The Balaban J connectivity index is 1.34. The van der Waals surface area contributed by atoms with E-state index in [9.17, 15) is 14.4 Å². The molecule has 12 heteroatoms. The van der Waals surface area contributed by atoms with E-state index in [4.69, 9.17) is 14.5 Å². The molecule has 1 aromatic carbocycles. The summed E-state index contributed by atoms with van der Waals surface area (Å²) in [6.07, 6.45) is 7.17. The number of aromatic nitrogens is 4. The molecule has 0 saturated carbocycles. The maximum absolute atomic E-state index is 14.1. The zero-order chi connectivity index (χ0) is 31.7. The molecule has 1 aliphatic carbocycles. The standard InChI is InChI=1S/C33H43N7O5/c1-5-26-28(37-14-16-38(17-15-37)32(43)45-33(2,3)4)30(42)40-31(35-29(36-40)23-12-18-44-19-13-23)39(26)21-27(41)34-25-11-10-22-8-6-7-9-24(22)20-25/h10-12,20H,5-9,13-19,21H2,1-4H3,(H,34,41). The molecule has 6 rings (SSSR count). The fourth-order valence-electron chi connectivity index (χ4n) is 6.39. The molecule has 0 atom stereocenters. The minimum absolute atomic E-state index is 0.0325. The van der Waals surface area contributed by atoms with Crippen LogP contribution in [0.15, 0.2) is 29.1 Å². The molecule has 2 aliphatic heterocycles. The molecule has 12 nitrogen and oxygen atoms in total. The summed E-state index contributed by atoms with van der Waals surface area (Å²) >= 11 is 0. The molecule has 1 N–H and O–H groups in total. The summed E-state index contributed by atoms with van der Waals surface area (Å²) in [5.74, 6) is 0.589. The Morgan fingerprint density at radius 3 is 2.49 bits per heavy atom. The van der Waals surface area contributed by atoms with E-state index in [1.807, 2.05) is 49.3 Å². The van der Waals surface area contributed by atoms with Crippen LogP contribution in [0.1, 0.15) is 69.6 Å². The number of hydrogen-bond donors (Lipinski definition) is 1. The minimum Gasteiger partial charge on any atom is -0.444 e. The molecular weight excluding hydrogens is 574 g/mol. The third-order valence-corrected chi connectivity index (χ3v) is 8.59. The lowest BCUT2D eigenvalue weighted by atomic mass is 9.91. The first kappa shape index (κ1) is 30.8. The van der Waals surface area contributed by atoms with Gasteiger partial charge in [0, 0.05) is 31.9 Å². The van der Waals surface area contributed by atoms with E-state index in [1.54, 1.807) is 4.90 Å². The molecule has 3 aliphatic rings. The fourth-order valence-corrected chi connectivity index (χ4v) is 6.39. The first-order chi connectivity index (χ1) is 21.6. The molecule has 2 aromatic heterocycles. The highest BCUT2D eigenvalue weighted by Gasteiger charge is 2.30. The lowest BCUT2D eigenvalue weighted by molar-refractivity contribution is -0.116. The number of piperazine rings is 1. The van der Waals surface area contributed by atoms with Crippen molar-refractivity contribution in [1.82, 2.24) is 24.1 Å². The highest BCUT2D eigenvalue weighted by atomic mass is 16.6. The highest BCUT2D eigenvalue weighted by Crippen LogP contribution is 2.26. The Labute approximate surface area is 263 Å². The van der Waals surface area contributed by atoms with Gasteiger partial charge in [0.2, 0.25) is 11.7 Å². The van der Waals surface area contributed by atoms with Crippen molar-refractivity contribution < 1.29 is 19.1 Å². The lowest BCUT2D eigenvalue weighted by Gasteiger charge is -2.37. The zero-order valence-corrected chi connectivity index (χ0v) is 26.7. The smallest absolute Gasteiger partial charge is 0.410 e. The second-order valence-electron chi connectivity index (χ2n) is 12.9. The zero-order valence-electron chi connectivity index (χ0n) is 26.7. The number of carbonyl (C=O) groups excluding carboxylic acids is 2. The van der Waals surface area contributed by atoms with Crippen molar-refractivity contribution in [3.05, 3.63) is 57.3 Å². The second-order valence-corrected chi connectivity index (χ2v) is 12.9. The van der Waals surface area contributed by atoms with Gasteiger partial charge in [-0.2, -0.15) is 9.50 Å². The average molecular weight is 618 g/mol. The molecule has 0 bridgehead atoms. The van der Waals surface area contributed by atoms with E-state index in [1.165, 1.54) is 22.1 Å². The number of aryl methyl sites for hydroxylation is 2.